The summed E-state index contributed by atoms with van der Waals surface area (Å²) >= 11 is 1.58. The molecule has 0 bridgehead atoms. The summed E-state index contributed by atoms with van der Waals surface area (Å²) in [4.78, 5) is 70.6. The fourth-order valence-corrected chi connectivity index (χ4v) is 7.27. The number of esters is 1. The zero-order valence-corrected chi connectivity index (χ0v) is 30.4. The van der Waals surface area contributed by atoms with Crippen LogP contribution in [-0.4, -0.2) is 69.9 Å². The van der Waals surface area contributed by atoms with E-state index in [-0.39, 0.29) is 37.6 Å². The van der Waals surface area contributed by atoms with E-state index in [1.165, 1.54) is 12.2 Å². The Labute approximate surface area is 297 Å². The number of nitrogens with zero attached hydrogens (tertiary/aromatic N) is 2. The average Bonchev–Trinajstić information content (AvgIpc) is 3.60. The number of aromatic nitrogens is 1. The quantitative estimate of drug-likeness (QED) is 0.140. The van der Waals surface area contributed by atoms with Crippen molar-refractivity contribution in [2.45, 2.75) is 97.9 Å². The molecule has 2 aliphatic rings. The first-order valence-corrected chi connectivity index (χ1v) is 18.1. The largest absolute Gasteiger partial charge is 0.457 e. The summed E-state index contributed by atoms with van der Waals surface area (Å²) in [6.07, 6.45) is 5.05. The Morgan fingerprint density at radius 3 is 2.62 bits per heavy atom. The van der Waals surface area contributed by atoms with Crippen LogP contribution in [0.25, 0.3) is 10.2 Å². The maximum absolute atomic E-state index is 14.3. The molecule has 0 saturated carbocycles. The molecule has 0 fully saturated rings. The third kappa shape index (κ3) is 9.75. The van der Waals surface area contributed by atoms with Gasteiger partial charge < -0.3 is 19.9 Å². The number of hydrogen-bond acceptors (Lipinski definition) is 10. The van der Waals surface area contributed by atoms with Crippen LogP contribution < -0.4 is 5.32 Å². The first-order chi connectivity index (χ1) is 23.7. The number of fused-ring (bicyclic) bond motifs is 1. The van der Waals surface area contributed by atoms with Crippen LogP contribution in [0.4, 0.5) is 4.79 Å². The number of benzene rings is 1. The normalized spacial score (nSPS) is 26.4. The lowest BCUT2D eigenvalue weighted by molar-refractivity contribution is -0.156. The number of carbonyl (C=O) groups excluding carboxylic acids is 5. The number of aliphatic hydroxyl groups is 1. The molecule has 270 valence electrons. The van der Waals surface area contributed by atoms with Crippen molar-refractivity contribution < 1.29 is 38.6 Å². The molecular weight excluding hydrogens is 658 g/mol. The van der Waals surface area contributed by atoms with Gasteiger partial charge in [0.05, 0.1) is 33.2 Å². The number of aryl methyl sites for hydroxylation is 1. The highest BCUT2D eigenvalue weighted by Gasteiger charge is 2.46. The van der Waals surface area contributed by atoms with Crippen LogP contribution in [0.5, 0.6) is 0 Å². The Bertz CT molecular complexity index is 1640. The lowest BCUT2D eigenvalue weighted by Crippen LogP contribution is -2.49. The molecule has 5 atom stereocenters. The second kappa shape index (κ2) is 17.2. The van der Waals surface area contributed by atoms with Crippen LogP contribution in [0.2, 0.25) is 0 Å². The fraction of sp³-hybridized carbons (Fsp3) is 0.526. The number of imide groups is 1. The van der Waals surface area contributed by atoms with E-state index in [0.29, 0.717) is 12.8 Å². The molecule has 0 saturated heterocycles. The van der Waals surface area contributed by atoms with Gasteiger partial charge in [0.1, 0.15) is 18.0 Å². The Morgan fingerprint density at radius 1 is 1.20 bits per heavy atom. The summed E-state index contributed by atoms with van der Waals surface area (Å²) < 4.78 is 12.9. The van der Waals surface area contributed by atoms with E-state index >= 15 is 0 Å². The van der Waals surface area contributed by atoms with Crippen molar-refractivity contribution in [3.8, 4) is 0 Å². The Kier molecular flexibility index (Phi) is 13.3. The summed E-state index contributed by atoms with van der Waals surface area (Å²) in [5.41, 5.74) is 1.30. The molecular formula is C38H49N3O8S. The third-order valence-corrected chi connectivity index (χ3v) is 10.5. The average molecular weight is 708 g/mol. The number of nitrogens with one attached hydrogen (secondary N) is 1. The molecule has 50 heavy (non-hydrogen) atoms. The number of allylic oxidation sites excluding steroid dienone is 2. The molecule has 11 nitrogen and oxygen atoms in total. The monoisotopic (exact) mass is 707 g/mol. The zero-order valence-electron chi connectivity index (χ0n) is 29.6. The van der Waals surface area contributed by atoms with Crippen LogP contribution in [0.15, 0.2) is 54.7 Å². The number of thiazole rings is 1. The van der Waals surface area contributed by atoms with Gasteiger partial charge in [0.25, 0.3) is 11.8 Å². The molecule has 0 spiro atoms. The molecule has 0 radical (unpaired) electrons. The highest BCUT2D eigenvalue weighted by molar-refractivity contribution is 7.18. The SMILES string of the molecule is C=CC[C@H]1C(=O)C(C)(C)[C@@H](OC(=O)NCCCN2C(=O)C=CC2=O)CC(=O)O[C@H](c2ccc3sc(C)nc3c2)C/C=C(/C)CCC[C@H](C)[C@@H]1O. The van der Waals surface area contributed by atoms with Crippen molar-refractivity contribution in [3.05, 3.63) is 65.2 Å². The molecule has 3 amide bonds. The number of cyclic esters (lactones) is 1. The number of amides is 3. The zero-order chi connectivity index (χ0) is 36.6. The van der Waals surface area contributed by atoms with E-state index < -0.39 is 59.9 Å². The van der Waals surface area contributed by atoms with Crippen molar-refractivity contribution in [1.29, 1.82) is 0 Å². The number of hydrogen-bond donors (Lipinski definition) is 2. The van der Waals surface area contributed by atoms with Gasteiger partial charge in [-0.15, -0.1) is 17.9 Å². The van der Waals surface area contributed by atoms with Crippen LogP contribution in [0.1, 0.15) is 89.3 Å². The second-order valence-corrected chi connectivity index (χ2v) is 15.1. The summed E-state index contributed by atoms with van der Waals surface area (Å²) in [5.74, 6) is -2.88. The predicted octanol–water partition coefficient (Wildman–Crippen LogP) is 6.29. The lowest BCUT2D eigenvalue weighted by atomic mass is 9.71. The van der Waals surface area contributed by atoms with E-state index in [0.717, 1.165) is 44.1 Å². The van der Waals surface area contributed by atoms with Crippen LogP contribution >= 0.6 is 11.3 Å². The van der Waals surface area contributed by atoms with E-state index in [4.69, 9.17) is 9.47 Å². The number of ketones is 1. The van der Waals surface area contributed by atoms with Crippen molar-refractivity contribution in [2.24, 2.45) is 17.3 Å². The van der Waals surface area contributed by atoms with Gasteiger partial charge in [0.15, 0.2) is 0 Å². The van der Waals surface area contributed by atoms with Gasteiger partial charge >= 0.3 is 12.1 Å². The molecule has 1 aromatic carbocycles. The number of aliphatic hydroxyl groups excluding tert-OH is 1. The minimum atomic E-state index is -1.41. The Morgan fingerprint density at radius 2 is 1.92 bits per heavy atom. The molecule has 2 aliphatic heterocycles. The van der Waals surface area contributed by atoms with Gasteiger partial charge in [0.2, 0.25) is 0 Å². The van der Waals surface area contributed by atoms with Gasteiger partial charge in [-0.25, -0.2) is 9.78 Å². The lowest BCUT2D eigenvalue weighted by Gasteiger charge is -2.37. The summed E-state index contributed by atoms with van der Waals surface area (Å²) in [6.45, 7) is 13.1. The summed E-state index contributed by atoms with van der Waals surface area (Å²) in [5, 5.41) is 15.0. The Hall–Kier alpha value is -4.16. The van der Waals surface area contributed by atoms with Crippen molar-refractivity contribution in [2.75, 3.05) is 13.1 Å². The van der Waals surface area contributed by atoms with Gasteiger partial charge in [0, 0.05) is 37.6 Å². The highest BCUT2D eigenvalue weighted by Crippen LogP contribution is 2.37. The van der Waals surface area contributed by atoms with Gasteiger partial charge in [-0.3, -0.25) is 24.1 Å². The minimum Gasteiger partial charge on any atom is -0.457 e. The van der Waals surface area contributed by atoms with Gasteiger partial charge in [-0.05, 0) is 83.4 Å². The van der Waals surface area contributed by atoms with Crippen LogP contribution in [0.3, 0.4) is 0 Å². The van der Waals surface area contributed by atoms with Gasteiger partial charge in [-0.1, -0.05) is 30.7 Å². The first kappa shape index (κ1) is 38.6. The molecule has 2 aromatic rings. The number of rotatable bonds is 8. The van der Waals surface area contributed by atoms with E-state index in [1.807, 2.05) is 39.0 Å². The molecule has 1 aromatic heterocycles. The van der Waals surface area contributed by atoms with Crippen LogP contribution in [-0.2, 0) is 28.7 Å². The standard InChI is InChI=1S/C38H49N3O8S/c1-7-10-27-35(45)24(3)12-8-11-23(2)13-15-29(26-14-16-30-28(21-26)40-25(4)50-30)48-34(44)22-31(38(5,6)36(27)46)49-37(47)39-19-9-20-41-32(42)17-18-33(41)43/h7,13-14,16-18,21,24,27,29,31,35,45H,1,8-12,15,19-20,22H2,2-6H3,(H,39,47)/b23-13-/t24-,27+,29-,31-,35-/m0/s1. The number of alkyl carbamates (subject to hydrolysis) is 1. The second-order valence-electron chi connectivity index (χ2n) is 13.8. The van der Waals surface area contributed by atoms with Crippen LogP contribution in [0, 0.1) is 24.2 Å². The minimum absolute atomic E-state index is 0.0725. The number of ether oxygens (including phenoxy) is 2. The van der Waals surface area contributed by atoms with Crippen molar-refractivity contribution in [3.63, 3.8) is 0 Å². The predicted molar refractivity (Wildman–Crippen MR) is 191 cm³/mol. The Balaban J connectivity index is 1.60. The third-order valence-electron chi connectivity index (χ3n) is 9.60. The van der Waals surface area contributed by atoms with Gasteiger partial charge in [-0.2, -0.15) is 0 Å². The molecule has 12 heteroatoms. The van der Waals surface area contributed by atoms with E-state index in [1.54, 1.807) is 31.3 Å². The van der Waals surface area contributed by atoms with Crippen molar-refractivity contribution in [1.82, 2.24) is 15.2 Å². The molecule has 0 unspecified atom stereocenters. The topological polar surface area (TPSA) is 152 Å². The maximum atomic E-state index is 14.3. The molecule has 0 aliphatic carbocycles. The summed E-state index contributed by atoms with van der Waals surface area (Å²) in [7, 11) is 0. The first-order valence-electron chi connectivity index (χ1n) is 17.2. The highest BCUT2D eigenvalue weighted by atomic mass is 32.1. The smallest absolute Gasteiger partial charge is 0.407 e. The summed E-state index contributed by atoms with van der Waals surface area (Å²) in [6, 6.07) is 5.82. The van der Waals surface area contributed by atoms with Crippen molar-refractivity contribution >= 4 is 51.2 Å². The molecule has 4 rings (SSSR count). The van der Waals surface area contributed by atoms with E-state index in [9.17, 15) is 29.1 Å². The number of Topliss-reactive ketones (excluding diaryl/α,β-unsaturated/α-hetero) is 1. The van der Waals surface area contributed by atoms with E-state index in [2.05, 4.69) is 23.0 Å². The molecule has 3 heterocycles. The number of carbonyl (C=O) groups is 5. The maximum Gasteiger partial charge on any atom is 0.407 e. The fourth-order valence-electron chi connectivity index (χ4n) is 6.46. The molecule has 2 N–H and O–H groups in total.